The summed E-state index contributed by atoms with van der Waals surface area (Å²) in [6.45, 7) is 3.63. The normalized spacial score (nSPS) is 35.7. The van der Waals surface area contributed by atoms with E-state index in [1.54, 1.807) is 0 Å². The summed E-state index contributed by atoms with van der Waals surface area (Å²) in [5, 5.41) is 0. The van der Waals surface area contributed by atoms with Crippen LogP contribution < -0.4 is 0 Å². The lowest BCUT2D eigenvalue weighted by Gasteiger charge is -2.36. The van der Waals surface area contributed by atoms with Crippen molar-refractivity contribution in [1.82, 2.24) is 0 Å². The van der Waals surface area contributed by atoms with Gasteiger partial charge in [0.2, 0.25) is 0 Å². The molecule has 4 heteroatoms. The third-order valence-electron chi connectivity index (χ3n) is 3.08. The molecule has 86 valence electrons. The van der Waals surface area contributed by atoms with Crippen molar-refractivity contribution in [3.63, 3.8) is 0 Å². The minimum absolute atomic E-state index is 0.0446. The Bertz CT molecular complexity index is 233. The Morgan fingerprint density at radius 1 is 1.47 bits per heavy atom. The molecule has 0 aromatic heterocycles. The molecule has 0 amide bonds. The molecule has 15 heavy (non-hydrogen) atoms. The number of rotatable bonds is 2. The Balaban J connectivity index is 1.94. The summed E-state index contributed by atoms with van der Waals surface area (Å²) in [5.74, 6) is -0.622. The van der Waals surface area contributed by atoms with Crippen LogP contribution in [-0.2, 0) is 19.0 Å². The molecule has 0 N–H and O–H groups in total. The average Bonchev–Trinajstić information content (AvgIpc) is 2.67. The molecule has 2 aliphatic rings. The third-order valence-corrected chi connectivity index (χ3v) is 3.08. The molecule has 0 saturated carbocycles. The molecule has 1 spiro atoms. The highest BCUT2D eigenvalue weighted by Crippen LogP contribution is 2.38. The molecule has 2 fully saturated rings. The van der Waals surface area contributed by atoms with Crippen molar-refractivity contribution < 1.29 is 19.0 Å². The van der Waals surface area contributed by atoms with Gasteiger partial charge in [-0.2, -0.15) is 0 Å². The fourth-order valence-electron chi connectivity index (χ4n) is 2.33. The Hall–Kier alpha value is -0.610. The first-order valence-corrected chi connectivity index (χ1v) is 5.70. The zero-order valence-electron chi connectivity index (χ0n) is 9.16. The molecule has 0 aromatic carbocycles. The lowest BCUT2D eigenvalue weighted by Crippen LogP contribution is -2.41. The summed E-state index contributed by atoms with van der Waals surface area (Å²) >= 11 is 0. The minimum atomic E-state index is -0.477. The van der Waals surface area contributed by atoms with Crippen LogP contribution in [0.3, 0.4) is 0 Å². The molecule has 0 radical (unpaired) electrons. The van der Waals surface area contributed by atoms with Crippen LogP contribution in [0.15, 0.2) is 0 Å². The van der Waals surface area contributed by atoms with Crippen LogP contribution in [0.1, 0.15) is 32.6 Å². The molecule has 2 rings (SSSR count). The van der Waals surface area contributed by atoms with Gasteiger partial charge in [-0.3, -0.25) is 4.79 Å². The number of carbonyl (C=O) groups excluding carboxylic acids is 1. The van der Waals surface area contributed by atoms with Crippen LogP contribution in [0.2, 0.25) is 0 Å². The van der Waals surface area contributed by atoms with Crippen LogP contribution in [0.5, 0.6) is 0 Å². The van der Waals surface area contributed by atoms with E-state index in [0.29, 0.717) is 19.6 Å². The van der Waals surface area contributed by atoms with Gasteiger partial charge in [-0.15, -0.1) is 0 Å². The summed E-state index contributed by atoms with van der Waals surface area (Å²) in [5.41, 5.74) is 0. The lowest BCUT2D eigenvalue weighted by atomic mass is 9.92. The summed E-state index contributed by atoms with van der Waals surface area (Å²) in [6, 6.07) is 0. The standard InChI is InChI=1S/C11H18O4/c1-2-13-10(12)9-4-7-15-11(8-9)5-3-6-14-11/h9H,2-8H2,1H3/t9-,11+/m0/s1. The van der Waals surface area contributed by atoms with E-state index >= 15 is 0 Å². The second-order valence-corrected chi connectivity index (χ2v) is 4.15. The highest BCUT2D eigenvalue weighted by Gasteiger charge is 2.43. The fourth-order valence-corrected chi connectivity index (χ4v) is 2.33. The number of hydrogen-bond donors (Lipinski definition) is 0. The molecule has 2 saturated heterocycles. The number of carbonyl (C=O) groups is 1. The Morgan fingerprint density at radius 3 is 2.93 bits per heavy atom. The van der Waals surface area contributed by atoms with E-state index in [1.165, 1.54) is 0 Å². The lowest BCUT2D eigenvalue weighted by molar-refractivity contribution is -0.242. The van der Waals surface area contributed by atoms with Gasteiger partial charge in [-0.25, -0.2) is 0 Å². The van der Waals surface area contributed by atoms with E-state index in [4.69, 9.17) is 14.2 Å². The van der Waals surface area contributed by atoms with E-state index in [0.717, 1.165) is 25.9 Å². The predicted octanol–water partition coefficient (Wildman–Crippen LogP) is 1.48. The SMILES string of the molecule is CCOC(=O)[C@H]1CCO[C@]2(CCCO2)C1. The van der Waals surface area contributed by atoms with Crippen LogP contribution in [0.25, 0.3) is 0 Å². The van der Waals surface area contributed by atoms with Crippen molar-refractivity contribution in [2.24, 2.45) is 5.92 Å². The first-order valence-electron chi connectivity index (χ1n) is 5.70. The van der Waals surface area contributed by atoms with E-state index in [2.05, 4.69) is 0 Å². The Kier molecular flexibility index (Phi) is 3.26. The molecule has 2 aliphatic heterocycles. The maximum atomic E-state index is 11.6. The van der Waals surface area contributed by atoms with Gasteiger partial charge in [0.1, 0.15) is 0 Å². The van der Waals surface area contributed by atoms with Crippen molar-refractivity contribution in [2.75, 3.05) is 19.8 Å². The molecule has 4 nitrogen and oxygen atoms in total. The number of hydrogen-bond acceptors (Lipinski definition) is 4. The number of esters is 1. The largest absolute Gasteiger partial charge is 0.466 e. The monoisotopic (exact) mass is 214 g/mol. The van der Waals surface area contributed by atoms with Crippen molar-refractivity contribution in [3.8, 4) is 0 Å². The Morgan fingerprint density at radius 2 is 2.27 bits per heavy atom. The van der Waals surface area contributed by atoms with E-state index < -0.39 is 5.79 Å². The molecule has 0 bridgehead atoms. The van der Waals surface area contributed by atoms with Crippen molar-refractivity contribution >= 4 is 5.97 Å². The second-order valence-electron chi connectivity index (χ2n) is 4.15. The summed E-state index contributed by atoms with van der Waals surface area (Å²) < 4.78 is 16.3. The van der Waals surface area contributed by atoms with Gasteiger partial charge in [0, 0.05) is 12.8 Å². The van der Waals surface area contributed by atoms with E-state index in [-0.39, 0.29) is 11.9 Å². The van der Waals surface area contributed by atoms with Crippen LogP contribution in [-0.4, -0.2) is 31.6 Å². The van der Waals surface area contributed by atoms with E-state index in [1.807, 2.05) is 6.92 Å². The van der Waals surface area contributed by atoms with Crippen LogP contribution in [0, 0.1) is 5.92 Å². The summed E-state index contributed by atoms with van der Waals surface area (Å²) in [6.07, 6.45) is 3.34. The Labute approximate surface area is 89.9 Å². The molecule has 0 aromatic rings. The quantitative estimate of drug-likeness (QED) is 0.653. The van der Waals surface area contributed by atoms with Crippen molar-refractivity contribution in [3.05, 3.63) is 0 Å². The van der Waals surface area contributed by atoms with Gasteiger partial charge >= 0.3 is 5.97 Å². The molecule has 2 atom stereocenters. The highest BCUT2D eigenvalue weighted by atomic mass is 16.7. The average molecular weight is 214 g/mol. The van der Waals surface area contributed by atoms with Crippen LogP contribution >= 0.6 is 0 Å². The maximum Gasteiger partial charge on any atom is 0.309 e. The summed E-state index contributed by atoms with van der Waals surface area (Å²) in [7, 11) is 0. The van der Waals surface area contributed by atoms with Gasteiger partial charge in [-0.05, 0) is 19.8 Å². The highest BCUT2D eigenvalue weighted by molar-refractivity contribution is 5.72. The minimum Gasteiger partial charge on any atom is -0.466 e. The van der Waals surface area contributed by atoms with Gasteiger partial charge in [0.15, 0.2) is 5.79 Å². The topological polar surface area (TPSA) is 44.8 Å². The zero-order chi connectivity index (χ0) is 10.7. The molecular weight excluding hydrogens is 196 g/mol. The molecule has 2 heterocycles. The van der Waals surface area contributed by atoms with Crippen molar-refractivity contribution in [1.29, 1.82) is 0 Å². The van der Waals surface area contributed by atoms with E-state index in [9.17, 15) is 4.79 Å². The number of ether oxygens (including phenoxy) is 3. The first kappa shape index (κ1) is 10.9. The molecular formula is C11H18O4. The predicted molar refractivity (Wildman–Crippen MR) is 53.2 cm³/mol. The first-order chi connectivity index (χ1) is 7.26. The van der Waals surface area contributed by atoms with Gasteiger partial charge in [0.25, 0.3) is 0 Å². The fraction of sp³-hybridized carbons (Fsp3) is 0.909. The molecule has 0 aliphatic carbocycles. The second kappa shape index (κ2) is 4.49. The maximum absolute atomic E-state index is 11.6. The van der Waals surface area contributed by atoms with Gasteiger partial charge in [0.05, 0.1) is 25.7 Å². The van der Waals surface area contributed by atoms with Gasteiger partial charge in [-0.1, -0.05) is 0 Å². The third kappa shape index (κ3) is 2.32. The van der Waals surface area contributed by atoms with Crippen molar-refractivity contribution in [2.45, 2.75) is 38.4 Å². The smallest absolute Gasteiger partial charge is 0.309 e. The van der Waals surface area contributed by atoms with Gasteiger partial charge < -0.3 is 14.2 Å². The molecule has 0 unspecified atom stereocenters. The summed E-state index contributed by atoms with van der Waals surface area (Å²) in [4.78, 5) is 11.6. The zero-order valence-corrected chi connectivity index (χ0v) is 9.16. The van der Waals surface area contributed by atoms with Crippen LogP contribution in [0.4, 0.5) is 0 Å².